The second kappa shape index (κ2) is 10.9. The highest BCUT2D eigenvalue weighted by Gasteiger charge is 2.34. The van der Waals surface area contributed by atoms with Crippen LogP contribution in [0.3, 0.4) is 0 Å². The van der Waals surface area contributed by atoms with E-state index in [-0.39, 0.29) is 17.9 Å². The average molecular weight is 306 g/mol. The number of nitrogens with two attached hydrogens (primary N) is 1. The van der Waals surface area contributed by atoms with Crippen molar-refractivity contribution in [3.8, 4) is 0 Å². The maximum absolute atomic E-state index is 6.42. The molecule has 3 atom stereocenters. The first-order valence-electron chi connectivity index (χ1n) is 8.46. The van der Waals surface area contributed by atoms with Gasteiger partial charge in [-0.3, -0.25) is 0 Å². The number of unbranched alkanes of at least 4 members (excludes halogenated alkanes) is 7. The molecule has 0 aliphatic carbocycles. The van der Waals surface area contributed by atoms with Gasteiger partial charge in [0.25, 0.3) is 0 Å². The fourth-order valence-electron chi connectivity index (χ4n) is 2.79. The summed E-state index contributed by atoms with van der Waals surface area (Å²) >= 11 is 0. The van der Waals surface area contributed by atoms with Crippen LogP contribution in [0.15, 0.2) is 0 Å². The van der Waals surface area contributed by atoms with E-state index in [4.69, 9.17) is 10.5 Å². The number of halogens is 1. The van der Waals surface area contributed by atoms with Gasteiger partial charge in [-0.2, -0.15) is 0 Å². The number of rotatable bonds is 12. The fourth-order valence-corrected chi connectivity index (χ4v) is 2.79. The Morgan fingerprint density at radius 1 is 1.10 bits per heavy atom. The van der Waals surface area contributed by atoms with Crippen molar-refractivity contribution in [1.29, 1.82) is 0 Å². The first kappa shape index (κ1) is 20.2. The molecule has 0 spiro atoms. The van der Waals surface area contributed by atoms with Crippen molar-refractivity contribution in [2.75, 3.05) is 6.61 Å². The summed E-state index contributed by atoms with van der Waals surface area (Å²) in [6.07, 6.45) is 13.9. The zero-order valence-electron chi connectivity index (χ0n) is 13.8. The quantitative estimate of drug-likeness (QED) is 0.403. The van der Waals surface area contributed by atoms with E-state index in [0.717, 1.165) is 13.0 Å². The Morgan fingerprint density at radius 2 is 1.60 bits per heavy atom. The predicted octanol–water partition coefficient (Wildman–Crippen LogP) is 5.08. The first-order chi connectivity index (χ1) is 9.06. The van der Waals surface area contributed by atoms with Crippen LogP contribution in [0.2, 0.25) is 0 Å². The van der Waals surface area contributed by atoms with E-state index in [9.17, 15) is 0 Å². The molecule has 0 aromatic rings. The lowest BCUT2D eigenvalue weighted by Crippen LogP contribution is -2.44. The molecule has 3 unspecified atom stereocenters. The van der Waals surface area contributed by atoms with Crippen molar-refractivity contribution >= 4 is 12.4 Å². The summed E-state index contributed by atoms with van der Waals surface area (Å²) in [6, 6.07) is 0. The maximum Gasteiger partial charge on any atom is 0.0827 e. The van der Waals surface area contributed by atoms with Gasteiger partial charge in [0, 0.05) is 5.54 Å². The molecule has 0 bridgehead atoms. The van der Waals surface area contributed by atoms with Crippen molar-refractivity contribution in [2.24, 2.45) is 11.7 Å². The predicted molar refractivity (Wildman–Crippen MR) is 90.6 cm³/mol. The zero-order valence-corrected chi connectivity index (χ0v) is 14.6. The van der Waals surface area contributed by atoms with Gasteiger partial charge in [0.1, 0.15) is 0 Å². The van der Waals surface area contributed by atoms with E-state index in [0.29, 0.717) is 12.0 Å². The molecular formula is C17H36ClNO. The standard InChI is InChI=1S/C17H35NO.ClH/c1-4-5-6-7-8-9-10-11-12-15(2)17(3,18)13-16-14-19-16;/h15-16H,4-14,18H2,1-3H3;1H. The van der Waals surface area contributed by atoms with Crippen molar-refractivity contribution < 1.29 is 4.74 Å². The minimum absolute atomic E-state index is 0. The molecule has 3 heteroatoms. The normalized spacial score (nSPS) is 21.9. The number of hydrogen-bond donors (Lipinski definition) is 1. The Labute approximate surface area is 132 Å². The zero-order chi connectivity index (χ0) is 14.1. The second-order valence-corrected chi connectivity index (χ2v) is 6.83. The fraction of sp³-hybridized carbons (Fsp3) is 1.00. The molecule has 1 aliphatic rings. The second-order valence-electron chi connectivity index (χ2n) is 6.83. The van der Waals surface area contributed by atoms with E-state index in [1.54, 1.807) is 0 Å². The molecule has 0 aromatic carbocycles. The van der Waals surface area contributed by atoms with Gasteiger partial charge < -0.3 is 10.5 Å². The summed E-state index contributed by atoms with van der Waals surface area (Å²) in [5.41, 5.74) is 6.38. The molecule has 0 radical (unpaired) electrons. The van der Waals surface area contributed by atoms with Gasteiger partial charge >= 0.3 is 0 Å². The minimum Gasteiger partial charge on any atom is -0.373 e. The molecule has 2 nitrogen and oxygen atoms in total. The van der Waals surface area contributed by atoms with E-state index < -0.39 is 0 Å². The van der Waals surface area contributed by atoms with E-state index in [1.165, 1.54) is 57.8 Å². The third-order valence-electron chi connectivity index (χ3n) is 4.69. The Hall–Kier alpha value is 0.210. The van der Waals surface area contributed by atoms with Crippen LogP contribution in [0.5, 0.6) is 0 Å². The van der Waals surface area contributed by atoms with Gasteiger partial charge in [0.15, 0.2) is 0 Å². The van der Waals surface area contributed by atoms with E-state index in [1.807, 2.05) is 0 Å². The van der Waals surface area contributed by atoms with Gasteiger partial charge in [-0.1, -0.05) is 65.2 Å². The SMILES string of the molecule is CCCCCCCCCCC(C)C(C)(N)CC1CO1.Cl. The Bertz CT molecular complexity index is 229. The molecule has 0 amide bonds. The summed E-state index contributed by atoms with van der Waals surface area (Å²) in [5, 5.41) is 0. The third kappa shape index (κ3) is 9.20. The highest BCUT2D eigenvalue weighted by atomic mass is 35.5. The van der Waals surface area contributed by atoms with Gasteiger partial charge in [-0.15, -0.1) is 12.4 Å². The smallest absolute Gasteiger partial charge is 0.0827 e. The molecule has 1 saturated heterocycles. The minimum atomic E-state index is -0.0394. The lowest BCUT2D eigenvalue weighted by molar-refractivity contribution is 0.244. The molecule has 1 heterocycles. The van der Waals surface area contributed by atoms with Gasteiger partial charge in [-0.05, 0) is 25.7 Å². The summed E-state index contributed by atoms with van der Waals surface area (Å²) in [5.74, 6) is 0.608. The van der Waals surface area contributed by atoms with Crippen LogP contribution in [-0.4, -0.2) is 18.2 Å². The number of ether oxygens (including phenoxy) is 1. The molecule has 1 fully saturated rings. The van der Waals surface area contributed by atoms with Crippen LogP contribution < -0.4 is 5.73 Å². The highest BCUT2D eigenvalue weighted by molar-refractivity contribution is 5.85. The van der Waals surface area contributed by atoms with E-state index in [2.05, 4.69) is 20.8 Å². The average Bonchev–Trinajstić information content (AvgIpc) is 3.15. The Morgan fingerprint density at radius 3 is 2.10 bits per heavy atom. The van der Waals surface area contributed by atoms with Crippen LogP contribution >= 0.6 is 12.4 Å². The van der Waals surface area contributed by atoms with Crippen LogP contribution in [0.4, 0.5) is 0 Å². The third-order valence-corrected chi connectivity index (χ3v) is 4.69. The monoisotopic (exact) mass is 305 g/mol. The van der Waals surface area contributed by atoms with E-state index >= 15 is 0 Å². The summed E-state index contributed by atoms with van der Waals surface area (Å²) in [6.45, 7) is 7.71. The summed E-state index contributed by atoms with van der Waals surface area (Å²) < 4.78 is 5.30. The van der Waals surface area contributed by atoms with Crippen molar-refractivity contribution in [2.45, 2.75) is 96.6 Å². The van der Waals surface area contributed by atoms with Gasteiger partial charge in [0.05, 0.1) is 12.7 Å². The summed E-state index contributed by atoms with van der Waals surface area (Å²) in [7, 11) is 0. The molecule has 2 N–H and O–H groups in total. The Balaban J connectivity index is 0.00000361. The van der Waals surface area contributed by atoms with Crippen molar-refractivity contribution in [1.82, 2.24) is 0 Å². The first-order valence-corrected chi connectivity index (χ1v) is 8.46. The number of hydrogen-bond acceptors (Lipinski definition) is 2. The van der Waals surface area contributed by atoms with Crippen LogP contribution in [0.1, 0.15) is 85.0 Å². The molecule has 20 heavy (non-hydrogen) atoms. The van der Waals surface area contributed by atoms with Crippen LogP contribution in [0, 0.1) is 5.92 Å². The van der Waals surface area contributed by atoms with Crippen molar-refractivity contribution in [3.05, 3.63) is 0 Å². The molecule has 0 aromatic heterocycles. The molecule has 1 aliphatic heterocycles. The highest BCUT2D eigenvalue weighted by Crippen LogP contribution is 2.29. The molecule has 0 saturated carbocycles. The largest absolute Gasteiger partial charge is 0.373 e. The van der Waals surface area contributed by atoms with Crippen LogP contribution in [0.25, 0.3) is 0 Å². The summed E-state index contributed by atoms with van der Waals surface area (Å²) in [4.78, 5) is 0. The topological polar surface area (TPSA) is 38.5 Å². The lowest BCUT2D eigenvalue weighted by Gasteiger charge is -2.31. The molecule has 1 rings (SSSR count). The molecule has 122 valence electrons. The number of epoxide rings is 1. The maximum atomic E-state index is 6.42. The lowest BCUT2D eigenvalue weighted by atomic mass is 9.81. The van der Waals surface area contributed by atoms with Gasteiger partial charge in [0.2, 0.25) is 0 Å². The van der Waals surface area contributed by atoms with Gasteiger partial charge in [-0.25, -0.2) is 0 Å². The molecular weight excluding hydrogens is 270 g/mol. The van der Waals surface area contributed by atoms with Crippen molar-refractivity contribution in [3.63, 3.8) is 0 Å². The Kier molecular flexibility index (Phi) is 11.0. The van der Waals surface area contributed by atoms with Crippen LogP contribution in [-0.2, 0) is 4.74 Å².